The monoisotopic (exact) mass is 291 g/mol. The molecule has 0 amide bonds. The van der Waals surface area contributed by atoms with Gasteiger partial charge in [-0.2, -0.15) is 0 Å². The van der Waals surface area contributed by atoms with Gasteiger partial charge in [-0.05, 0) is 12.1 Å². The van der Waals surface area contributed by atoms with Gasteiger partial charge in [0.2, 0.25) is 0 Å². The fourth-order valence-corrected chi connectivity index (χ4v) is 1.55. The Balaban J connectivity index is 1.85. The molecule has 2 rings (SSSR count). The molecule has 9 nitrogen and oxygen atoms in total. The van der Waals surface area contributed by atoms with Crippen LogP contribution >= 0.6 is 0 Å². The van der Waals surface area contributed by atoms with E-state index < -0.39 is 11.9 Å². The van der Waals surface area contributed by atoms with Crippen molar-refractivity contribution in [2.45, 2.75) is 6.54 Å². The van der Waals surface area contributed by atoms with Crippen LogP contribution in [0.2, 0.25) is 0 Å². The van der Waals surface area contributed by atoms with Crippen molar-refractivity contribution in [3.8, 4) is 0 Å². The Bertz CT molecular complexity index is 637. The lowest BCUT2D eigenvalue weighted by Crippen LogP contribution is -2.12. The molecule has 0 unspecified atom stereocenters. The zero-order valence-electron chi connectivity index (χ0n) is 11.2. The zero-order valence-corrected chi connectivity index (χ0v) is 11.2. The van der Waals surface area contributed by atoms with E-state index in [0.717, 1.165) is 0 Å². The topological polar surface area (TPSA) is 119 Å². The average Bonchev–Trinajstić information content (AvgIpc) is 2.96. The minimum Gasteiger partial charge on any atom is -0.476 e. The number of esters is 1. The molecule has 2 N–H and O–H groups in total. The molecule has 0 radical (unpaired) electrons. The van der Waals surface area contributed by atoms with Gasteiger partial charge in [0.1, 0.15) is 5.82 Å². The number of carboxylic acids is 1. The van der Waals surface area contributed by atoms with E-state index in [0.29, 0.717) is 18.9 Å². The average molecular weight is 291 g/mol. The highest BCUT2D eigenvalue weighted by atomic mass is 16.5. The van der Waals surface area contributed by atoms with Crippen LogP contribution in [0, 0.1) is 0 Å². The lowest BCUT2D eigenvalue weighted by Gasteiger charge is -2.05. The second kappa shape index (κ2) is 6.46. The highest BCUT2D eigenvalue weighted by Gasteiger charge is 2.08. The second-order valence-corrected chi connectivity index (χ2v) is 4.02. The number of carbonyl (C=O) groups excluding carboxylic acids is 1. The number of hydrogen-bond donors (Lipinski definition) is 2. The van der Waals surface area contributed by atoms with Crippen molar-refractivity contribution in [1.29, 1.82) is 0 Å². The number of ether oxygens (including phenoxy) is 1. The minimum atomic E-state index is -1.06. The molecule has 2 aromatic rings. The molecule has 0 spiro atoms. The van der Waals surface area contributed by atoms with Crippen molar-refractivity contribution in [1.82, 2.24) is 19.7 Å². The number of nitrogens with zero attached hydrogens (tertiary/aromatic N) is 4. The van der Waals surface area contributed by atoms with Gasteiger partial charge in [-0.3, -0.25) is 0 Å². The first-order valence-electron chi connectivity index (χ1n) is 6.01. The van der Waals surface area contributed by atoms with E-state index in [2.05, 4.69) is 25.2 Å². The summed E-state index contributed by atoms with van der Waals surface area (Å²) in [5.41, 5.74) is 0.126. The largest absolute Gasteiger partial charge is 0.476 e. The van der Waals surface area contributed by atoms with Crippen LogP contribution in [0.1, 0.15) is 21.0 Å². The molecule has 0 saturated heterocycles. The molecule has 0 aliphatic rings. The van der Waals surface area contributed by atoms with Gasteiger partial charge < -0.3 is 19.7 Å². The summed E-state index contributed by atoms with van der Waals surface area (Å²) in [6, 6.07) is 3.11. The first-order valence-corrected chi connectivity index (χ1v) is 6.01. The quantitative estimate of drug-likeness (QED) is 0.728. The van der Waals surface area contributed by atoms with Crippen LogP contribution in [0.3, 0.4) is 0 Å². The van der Waals surface area contributed by atoms with E-state index in [1.54, 1.807) is 10.6 Å². The van der Waals surface area contributed by atoms with Crippen molar-refractivity contribution in [3.05, 3.63) is 36.0 Å². The molecular formula is C12H13N5O4. The Labute approximate surface area is 119 Å². The molecule has 9 heteroatoms. The third-order valence-electron chi connectivity index (χ3n) is 2.59. The number of aromatic nitrogens is 4. The Morgan fingerprint density at radius 2 is 2.14 bits per heavy atom. The fraction of sp³-hybridized carbons (Fsp3) is 0.250. The van der Waals surface area contributed by atoms with Crippen LogP contribution in [0.25, 0.3) is 0 Å². The molecule has 0 aliphatic carbocycles. The van der Waals surface area contributed by atoms with Gasteiger partial charge in [-0.25, -0.2) is 14.6 Å². The van der Waals surface area contributed by atoms with E-state index in [9.17, 15) is 9.59 Å². The number of aromatic carboxylic acids is 1. The van der Waals surface area contributed by atoms with Crippen molar-refractivity contribution in [3.63, 3.8) is 0 Å². The van der Waals surface area contributed by atoms with Crippen molar-refractivity contribution < 1.29 is 19.4 Å². The fourth-order valence-electron chi connectivity index (χ4n) is 1.55. The first kappa shape index (κ1) is 14.4. The SMILES string of the molecule is COC(=O)c1ccc(NCCn2cnc(C(=O)O)c2)nn1. The van der Waals surface area contributed by atoms with Crippen LogP contribution in [-0.4, -0.2) is 50.4 Å². The molecule has 0 bridgehead atoms. The summed E-state index contributed by atoms with van der Waals surface area (Å²) in [5.74, 6) is -1.11. The molecule has 0 saturated carbocycles. The normalized spacial score (nSPS) is 10.1. The predicted octanol–water partition coefficient (Wildman–Crippen LogP) is 0.270. The Morgan fingerprint density at radius 3 is 2.71 bits per heavy atom. The van der Waals surface area contributed by atoms with Crippen molar-refractivity contribution in [2.24, 2.45) is 0 Å². The van der Waals surface area contributed by atoms with Crippen LogP contribution in [0.15, 0.2) is 24.7 Å². The summed E-state index contributed by atoms with van der Waals surface area (Å²) in [6.07, 6.45) is 2.88. The maximum Gasteiger partial charge on any atom is 0.358 e. The van der Waals surface area contributed by atoms with Gasteiger partial charge >= 0.3 is 11.9 Å². The van der Waals surface area contributed by atoms with Gasteiger partial charge in [0, 0.05) is 19.3 Å². The number of nitrogens with one attached hydrogen (secondary N) is 1. The zero-order chi connectivity index (χ0) is 15.2. The number of imidazole rings is 1. The second-order valence-electron chi connectivity index (χ2n) is 4.02. The van der Waals surface area contributed by atoms with E-state index in [1.807, 2.05) is 0 Å². The van der Waals surface area contributed by atoms with Gasteiger partial charge in [-0.1, -0.05) is 0 Å². The lowest BCUT2D eigenvalue weighted by molar-refractivity contribution is 0.0592. The Hall–Kier alpha value is -2.97. The van der Waals surface area contributed by atoms with Crippen molar-refractivity contribution in [2.75, 3.05) is 19.0 Å². The molecule has 21 heavy (non-hydrogen) atoms. The molecule has 0 atom stereocenters. The predicted molar refractivity (Wildman–Crippen MR) is 71.0 cm³/mol. The maximum absolute atomic E-state index is 11.2. The van der Waals surface area contributed by atoms with E-state index >= 15 is 0 Å². The summed E-state index contributed by atoms with van der Waals surface area (Å²) in [4.78, 5) is 25.6. The molecular weight excluding hydrogens is 278 g/mol. The number of methoxy groups -OCH3 is 1. The van der Waals surface area contributed by atoms with Gasteiger partial charge in [0.25, 0.3) is 0 Å². The van der Waals surface area contributed by atoms with Gasteiger partial charge in [-0.15, -0.1) is 10.2 Å². The minimum absolute atomic E-state index is 0.00257. The van der Waals surface area contributed by atoms with Crippen LogP contribution < -0.4 is 5.32 Å². The summed E-state index contributed by atoms with van der Waals surface area (Å²) in [6.45, 7) is 1.02. The maximum atomic E-state index is 11.2. The first-order chi connectivity index (χ1) is 10.1. The number of carbonyl (C=O) groups is 2. The standard InChI is InChI=1S/C12H13N5O4/c1-21-12(20)8-2-3-10(16-15-8)13-4-5-17-6-9(11(18)19)14-7-17/h2-3,6-7H,4-5H2,1H3,(H,13,16)(H,18,19). The summed E-state index contributed by atoms with van der Waals surface area (Å²) < 4.78 is 6.16. The third-order valence-corrected chi connectivity index (χ3v) is 2.59. The number of rotatable bonds is 6. The van der Waals surface area contributed by atoms with E-state index in [-0.39, 0.29) is 11.4 Å². The number of anilines is 1. The molecule has 0 aromatic carbocycles. The highest BCUT2D eigenvalue weighted by molar-refractivity contribution is 5.87. The summed E-state index contributed by atoms with van der Waals surface area (Å²) in [7, 11) is 1.27. The van der Waals surface area contributed by atoms with Gasteiger partial charge in [0.05, 0.1) is 13.4 Å². The molecule has 0 aliphatic heterocycles. The van der Waals surface area contributed by atoms with E-state index in [1.165, 1.54) is 25.7 Å². The van der Waals surface area contributed by atoms with Crippen LogP contribution in [-0.2, 0) is 11.3 Å². The number of hydrogen-bond acceptors (Lipinski definition) is 7. The molecule has 2 aromatic heterocycles. The smallest absolute Gasteiger partial charge is 0.358 e. The highest BCUT2D eigenvalue weighted by Crippen LogP contribution is 2.03. The van der Waals surface area contributed by atoms with Crippen LogP contribution in [0.5, 0.6) is 0 Å². The third kappa shape index (κ3) is 3.75. The van der Waals surface area contributed by atoms with Gasteiger partial charge in [0.15, 0.2) is 11.4 Å². The molecule has 0 fully saturated rings. The Morgan fingerprint density at radius 1 is 1.33 bits per heavy atom. The summed E-state index contributed by atoms with van der Waals surface area (Å²) >= 11 is 0. The van der Waals surface area contributed by atoms with Crippen molar-refractivity contribution >= 4 is 17.8 Å². The van der Waals surface area contributed by atoms with E-state index in [4.69, 9.17) is 5.11 Å². The Kier molecular flexibility index (Phi) is 4.44. The molecule has 2 heterocycles. The van der Waals surface area contributed by atoms with Crippen LogP contribution in [0.4, 0.5) is 5.82 Å². The number of carboxylic acid groups (broad SMARTS) is 1. The molecule has 110 valence electrons. The summed E-state index contributed by atoms with van der Waals surface area (Å²) in [5, 5.41) is 19.3. The lowest BCUT2D eigenvalue weighted by atomic mass is 10.4.